The van der Waals surface area contributed by atoms with Crippen molar-refractivity contribution in [2.24, 2.45) is 10.7 Å². The first-order valence-electron chi connectivity index (χ1n) is 9.48. The number of ether oxygens (including phenoxy) is 1. The number of anilines is 2. The van der Waals surface area contributed by atoms with Gasteiger partial charge < -0.3 is 21.1 Å². The van der Waals surface area contributed by atoms with E-state index < -0.39 is 0 Å². The third-order valence-corrected chi connectivity index (χ3v) is 4.76. The standard InChI is InChI=1S/C21H27N7O/c1-13-10-28(11-14(2)29-13)20-7-19(26-12-27-20)21(24)17-6-15(4-5-18(17)23)16(8-22)9-25-3/h4-9,12-14,24H,10-11,22-23H2,1-3H3. The molecular formula is C21H27N7O. The van der Waals surface area contributed by atoms with Gasteiger partial charge in [-0.15, -0.1) is 0 Å². The monoisotopic (exact) mass is 393 g/mol. The number of allylic oxidation sites excluding steroid dienone is 1. The highest BCUT2D eigenvalue weighted by Crippen LogP contribution is 2.23. The zero-order chi connectivity index (χ0) is 21.0. The van der Waals surface area contributed by atoms with Crippen molar-refractivity contribution in [3.8, 4) is 0 Å². The van der Waals surface area contributed by atoms with Crippen molar-refractivity contribution in [3.05, 3.63) is 53.6 Å². The number of nitrogens with two attached hydrogens (primary N) is 2. The summed E-state index contributed by atoms with van der Waals surface area (Å²) in [6.45, 7) is 5.57. The van der Waals surface area contributed by atoms with Crippen LogP contribution in [0, 0.1) is 5.41 Å². The number of hydrogen-bond acceptors (Lipinski definition) is 8. The molecule has 0 amide bonds. The third kappa shape index (κ3) is 4.60. The number of rotatable bonds is 5. The fraction of sp³-hybridized carbons (Fsp3) is 0.333. The summed E-state index contributed by atoms with van der Waals surface area (Å²) >= 11 is 0. The molecule has 1 fully saturated rings. The van der Waals surface area contributed by atoms with Crippen LogP contribution < -0.4 is 16.4 Å². The average molecular weight is 393 g/mol. The lowest BCUT2D eigenvalue weighted by Gasteiger charge is -2.36. The number of aromatic nitrogens is 2. The van der Waals surface area contributed by atoms with Crippen LogP contribution in [-0.4, -0.2) is 54.2 Å². The van der Waals surface area contributed by atoms with Crippen molar-refractivity contribution in [2.45, 2.75) is 26.1 Å². The van der Waals surface area contributed by atoms with Crippen LogP contribution in [0.1, 0.15) is 30.7 Å². The lowest BCUT2D eigenvalue weighted by Crippen LogP contribution is -2.45. The highest BCUT2D eigenvalue weighted by molar-refractivity contribution is 6.15. The highest BCUT2D eigenvalue weighted by atomic mass is 16.5. The van der Waals surface area contributed by atoms with Crippen LogP contribution in [0.15, 0.2) is 41.8 Å². The van der Waals surface area contributed by atoms with E-state index in [0.717, 1.165) is 30.0 Å². The second-order valence-electron chi connectivity index (χ2n) is 7.11. The quantitative estimate of drug-likeness (QED) is 0.527. The van der Waals surface area contributed by atoms with Gasteiger partial charge in [-0.1, -0.05) is 6.07 Å². The summed E-state index contributed by atoms with van der Waals surface area (Å²) in [6.07, 6.45) is 4.87. The Kier molecular flexibility index (Phi) is 6.23. The second-order valence-corrected chi connectivity index (χ2v) is 7.11. The number of nitrogen functional groups attached to an aromatic ring is 1. The first-order chi connectivity index (χ1) is 13.9. The summed E-state index contributed by atoms with van der Waals surface area (Å²) in [4.78, 5) is 14.9. The van der Waals surface area contributed by atoms with Crippen LogP contribution in [0.4, 0.5) is 11.5 Å². The van der Waals surface area contributed by atoms with E-state index in [-0.39, 0.29) is 17.9 Å². The van der Waals surface area contributed by atoms with Crippen molar-refractivity contribution in [1.29, 1.82) is 5.41 Å². The zero-order valence-electron chi connectivity index (χ0n) is 17.0. The van der Waals surface area contributed by atoms with Gasteiger partial charge in [0.2, 0.25) is 0 Å². The lowest BCUT2D eigenvalue weighted by molar-refractivity contribution is -0.00546. The molecule has 1 aliphatic heterocycles. The number of aliphatic imine (C=N–C) groups is 1. The molecule has 1 aliphatic rings. The summed E-state index contributed by atoms with van der Waals surface area (Å²) < 4.78 is 5.80. The molecule has 29 heavy (non-hydrogen) atoms. The normalized spacial score (nSPS) is 20.2. The van der Waals surface area contributed by atoms with Crippen molar-refractivity contribution in [1.82, 2.24) is 9.97 Å². The maximum absolute atomic E-state index is 8.70. The first-order valence-corrected chi connectivity index (χ1v) is 9.48. The Hall–Kier alpha value is -3.26. The molecule has 8 heteroatoms. The van der Waals surface area contributed by atoms with Gasteiger partial charge in [0, 0.05) is 55.4 Å². The van der Waals surface area contributed by atoms with E-state index in [0.29, 0.717) is 16.9 Å². The third-order valence-electron chi connectivity index (χ3n) is 4.76. The van der Waals surface area contributed by atoms with Crippen LogP contribution in [0.5, 0.6) is 0 Å². The first kappa shape index (κ1) is 20.5. The van der Waals surface area contributed by atoms with Gasteiger partial charge in [-0.25, -0.2) is 9.97 Å². The van der Waals surface area contributed by atoms with E-state index in [1.807, 2.05) is 32.0 Å². The van der Waals surface area contributed by atoms with Gasteiger partial charge in [0.15, 0.2) is 0 Å². The minimum atomic E-state index is 0.116. The van der Waals surface area contributed by atoms with Gasteiger partial charge in [-0.05, 0) is 31.5 Å². The Morgan fingerprint density at radius 3 is 2.62 bits per heavy atom. The maximum atomic E-state index is 8.70. The van der Waals surface area contributed by atoms with Gasteiger partial charge in [0.05, 0.1) is 23.6 Å². The molecule has 2 atom stereocenters. The zero-order valence-corrected chi connectivity index (χ0v) is 17.0. The van der Waals surface area contributed by atoms with Crippen molar-refractivity contribution < 1.29 is 4.74 Å². The molecule has 152 valence electrons. The van der Waals surface area contributed by atoms with E-state index in [9.17, 15) is 0 Å². The Morgan fingerprint density at radius 2 is 1.97 bits per heavy atom. The van der Waals surface area contributed by atoms with E-state index in [2.05, 4.69) is 19.9 Å². The van der Waals surface area contributed by atoms with Gasteiger partial charge >= 0.3 is 0 Å². The molecule has 0 bridgehead atoms. The summed E-state index contributed by atoms with van der Waals surface area (Å²) in [5.74, 6) is 0.775. The summed E-state index contributed by atoms with van der Waals surface area (Å²) in [6, 6.07) is 7.28. The molecule has 3 rings (SSSR count). The van der Waals surface area contributed by atoms with Crippen molar-refractivity contribution >= 4 is 29.0 Å². The number of hydrogen-bond donors (Lipinski definition) is 3. The summed E-state index contributed by atoms with van der Waals surface area (Å²) in [5.41, 5.74) is 15.3. The van der Waals surface area contributed by atoms with Gasteiger partial charge in [0.1, 0.15) is 12.1 Å². The maximum Gasteiger partial charge on any atom is 0.132 e. The molecule has 5 N–H and O–H groups in total. The average Bonchev–Trinajstić information content (AvgIpc) is 2.71. The van der Waals surface area contributed by atoms with E-state index in [4.69, 9.17) is 21.6 Å². The Labute approximate surface area is 170 Å². The second kappa shape index (κ2) is 8.83. The molecule has 2 heterocycles. The minimum Gasteiger partial charge on any atom is -0.404 e. The predicted molar refractivity (Wildman–Crippen MR) is 118 cm³/mol. The number of nitrogens with one attached hydrogen (secondary N) is 1. The molecule has 0 saturated carbocycles. The predicted octanol–water partition coefficient (Wildman–Crippen LogP) is 2.09. The van der Waals surface area contributed by atoms with Gasteiger partial charge in [-0.2, -0.15) is 0 Å². The van der Waals surface area contributed by atoms with Gasteiger partial charge in [0.25, 0.3) is 0 Å². The lowest BCUT2D eigenvalue weighted by atomic mass is 9.98. The molecule has 2 aromatic rings. The number of morpholine rings is 1. The highest BCUT2D eigenvalue weighted by Gasteiger charge is 2.24. The Morgan fingerprint density at radius 1 is 1.24 bits per heavy atom. The van der Waals surface area contributed by atoms with E-state index >= 15 is 0 Å². The van der Waals surface area contributed by atoms with Crippen molar-refractivity contribution in [2.75, 3.05) is 30.8 Å². The van der Waals surface area contributed by atoms with Crippen molar-refractivity contribution in [3.63, 3.8) is 0 Å². The fourth-order valence-corrected chi connectivity index (χ4v) is 3.46. The molecule has 1 aromatic heterocycles. The van der Waals surface area contributed by atoms with Crippen LogP contribution in [0.3, 0.4) is 0 Å². The molecule has 0 aliphatic carbocycles. The largest absolute Gasteiger partial charge is 0.404 e. The Balaban J connectivity index is 1.93. The van der Waals surface area contributed by atoms with Crippen LogP contribution in [0.2, 0.25) is 0 Å². The molecule has 1 saturated heterocycles. The molecule has 8 nitrogen and oxygen atoms in total. The fourth-order valence-electron chi connectivity index (χ4n) is 3.46. The summed E-state index contributed by atoms with van der Waals surface area (Å²) in [7, 11) is 1.68. The molecular weight excluding hydrogens is 366 g/mol. The molecule has 0 radical (unpaired) electrons. The van der Waals surface area contributed by atoms with E-state index in [1.54, 1.807) is 19.3 Å². The SMILES string of the molecule is CN=CC(=CN)c1ccc(N)c(C(=N)c2cc(N3CC(C)OC(C)C3)ncn2)c1. The molecule has 1 aromatic carbocycles. The van der Waals surface area contributed by atoms with E-state index in [1.165, 1.54) is 12.5 Å². The summed E-state index contributed by atoms with van der Waals surface area (Å²) in [5, 5.41) is 8.70. The van der Waals surface area contributed by atoms with Crippen LogP contribution in [-0.2, 0) is 4.74 Å². The Bertz CT molecular complexity index is 944. The molecule has 0 spiro atoms. The van der Waals surface area contributed by atoms with Crippen LogP contribution in [0.25, 0.3) is 5.57 Å². The van der Waals surface area contributed by atoms with Crippen LogP contribution >= 0.6 is 0 Å². The smallest absolute Gasteiger partial charge is 0.132 e. The molecule has 2 unspecified atom stereocenters. The number of benzene rings is 1. The topological polar surface area (TPSA) is 126 Å². The van der Waals surface area contributed by atoms with Gasteiger partial charge in [-0.3, -0.25) is 10.4 Å². The number of nitrogens with zero attached hydrogens (tertiary/aromatic N) is 4. The minimum absolute atomic E-state index is 0.116.